The van der Waals surface area contributed by atoms with E-state index in [-0.39, 0.29) is 19.9 Å². The van der Waals surface area contributed by atoms with Crippen molar-refractivity contribution in [1.29, 1.82) is 0 Å². The Labute approximate surface area is 191 Å². The Balaban J connectivity index is 1.48. The number of nitrogens with zero attached hydrogens (tertiary/aromatic N) is 2. The number of carbonyl (C=O) groups is 1. The minimum Gasteiger partial charge on any atom is -0.497 e. The second-order valence-electron chi connectivity index (χ2n) is 7.36. The molecule has 10 heteroatoms. The standard InChI is InChI=1S/C23H19N3O6S/c1-30-16-4-2-3-15(10-16)24-20(27)12-25-17-7-8-33-21(17)22(28)26(23(25)29)11-14-5-6-18-19(9-14)32-13-31-18/h2-10H,11-13H2,1H3,(H,24,27). The minimum absolute atomic E-state index is 0.0413. The number of thiophene rings is 1. The van der Waals surface area contributed by atoms with E-state index < -0.39 is 17.2 Å². The van der Waals surface area contributed by atoms with Crippen molar-refractivity contribution in [3.63, 3.8) is 0 Å². The summed E-state index contributed by atoms with van der Waals surface area (Å²) in [6.45, 7) is -0.0700. The Morgan fingerprint density at radius 3 is 2.79 bits per heavy atom. The number of ether oxygens (including phenoxy) is 3. The Morgan fingerprint density at radius 2 is 1.94 bits per heavy atom. The lowest BCUT2D eigenvalue weighted by Gasteiger charge is -2.13. The molecule has 0 fully saturated rings. The summed E-state index contributed by atoms with van der Waals surface area (Å²) in [5, 5.41) is 4.50. The zero-order valence-electron chi connectivity index (χ0n) is 17.6. The van der Waals surface area contributed by atoms with Crippen molar-refractivity contribution in [1.82, 2.24) is 9.13 Å². The van der Waals surface area contributed by atoms with E-state index in [4.69, 9.17) is 14.2 Å². The van der Waals surface area contributed by atoms with Crippen molar-refractivity contribution in [2.24, 2.45) is 0 Å². The van der Waals surface area contributed by atoms with Gasteiger partial charge in [-0.2, -0.15) is 0 Å². The van der Waals surface area contributed by atoms with Crippen molar-refractivity contribution in [2.45, 2.75) is 13.1 Å². The summed E-state index contributed by atoms with van der Waals surface area (Å²) in [4.78, 5) is 39.1. The second kappa shape index (κ2) is 8.47. The van der Waals surface area contributed by atoms with Gasteiger partial charge in [-0.05, 0) is 41.3 Å². The number of rotatable bonds is 6. The van der Waals surface area contributed by atoms with Crippen LogP contribution in [0.15, 0.2) is 63.5 Å². The van der Waals surface area contributed by atoms with Gasteiger partial charge in [0.15, 0.2) is 11.5 Å². The summed E-state index contributed by atoms with van der Waals surface area (Å²) in [6.07, 6.45) is 0. The summed E-state index contributed by atoms with van der Waals surface area (Å²) in [6, 6.07) is 13.9. The van der Waals surface area contributed by atoms with Gasteiger partial charge in [-0.25, -0.2) is 4.79 Å². The molecule has 0 unspecified atom stereocenters. The van der Waals surface area contributed by atoms with Gasteiger partial charge < -0.3 is 19.5 Å². The molecule has 0 bridgehead atoms. The fourth-order valence-corrected chi connectivity index (χ4v) is 4.54. The molecule has 2 aromatic carbocycles. The largest absolute Gasteiger partial charge is 0.497 e. The molecule has 4 aromatic rings. The minimum atomic E-state index is -0.565. The van der Waals surface area contributed by atoms with Crippen LogP contribution in [0.1, 0.15) is 5.56 Å². The molecule has 168 valence electrons. The average molecular weight is 465 g/mol. The van der Waals surface area contributed by atoms with Crippen LogP contribution < -0.4 is 30.8 Å². The first-order valence-corrected chi connectivity index (χ1v) is 10.9. The van der Waals surface area contributed by atoms with E-state index in [9.17, 15) is 14.4 Å². The van der Waals surface area contributed by atoms with Crippen LogP contribution in [0.2, 0.25) is 0 Å². The molecule has 3 heterocycles. The smallest absolute Gasteiger partial charge is 0.332 e. The lowest BCUT2D eigenvalue weighted by atomic mass is 10.2. The van der Waals surface area contributed by atoms with Crippen molar-refractivity contribution < 1.29 is 19.0 Å². The van der Waals surface area contributed by atoms with E-state index >= 15 is 0 Å². The van der Waals surface area contributed by atoms with Crippen LogP contribution in [0.4, 0.5) is 5.69 Å². The third kappa shape index (κ3) is 3.96. The predicted octanol–water partition coefficient (Wildman–Crippen LogP) is 2.65. The normalized spacial score (nSPS) is 12.2. The first-order chi connectivity index (χ1) is 16.0. The van der Waals surface area contributed by atoms with E-state index in [1.165, 1.54) is 23.0 Å². The predicted molar refractivity (Wildman–Crippen MR) is 124 cm³/mol. The fourth-order valence-electron chi connectivity index (χ4n) is 3.69. The van der Waals surface area contributed by atoms with Crippen LogP contribution in [-0.2, 0) is 17.9 Å². The molecule has 0 atom stereocenters. The molecule has 0 radical (unpaired) electrons. The maximum absolute atomic E-state index is 13.3. The first-order valence-electron chi connectivity index (χ1n) is 10.1. The Hall–Kier alpha value is -4.05. The Morgan fingerprint density at radius 1 is 1.09 bits per heavy atom. The van der Waals surface area contributed by atoms with Gasteiger partial charge in [-0.3, -0.25) is 18.7 Å². The Bertz CT molecular complexity index is 1490. The van der Waals surface area contributed by atoms with E-state index in [0.717, 1.165) is 4.57 Å². The molecule has 33 heavy (non-hydrogen) atoms. The van der Waals surface area contributed by atoms with Gasteiger partial charge in [0, 0.05) is 11.8 Å². The molecule has 1 N–H and O–H groups in total. The lowest BCUT2D eigenvalue weighted by molar-refractivity contribution is -0.116. The summed E-state index contributed by atoms with van der Waals surface area (Å²) in [5.41, 5.74) is 0.721. The highest BCUT2D eigenvalue weighted by Gasteiger charge is 2.18. The zero-order chi connectivity index (χ0) is 22.9. The van der Waals surface area contributed by atoms with Crippen molar-refractivity contribution >= 4 is 33.1 Å². The monoisotopic (exact) mass is 465 g/mol. The quantitative estimate of drug-likeness (QED) is 0.470. The maximum atomic E-state index is 13.3. The van der Waals surface area contributed by atoms with Gasteiger partial charge in [0.05, 0.1) is 19.2 Å². The summed E-state index contributed by atoms with van der Waals surface area (Å²) >= 11 is 1.23. The number of nitrogens with one attached hydrogen (secondary N) is 1. The molecule has 1 amide bonds. The van der Waals surface area contributed by atoms with Crippen LogP contribution in [0.5, 0.6) is 17.2 Å². The summed E-state index contributed by atoms with van der Waals surface area (Å²) in [7, 11) is 1.54. The number of hydrogen-bond donors (Lipinski definition) is 1. The van der Waals surface area contributed by atoms with Gasteiger partial charge in [0.1, 0.15) is 17.0 Å². The third-order valence-electron chi connectivity index (χ3n) is 5.27. The molecule has 1 aliphatic rings. The van der Waals surface area contributed by atoms with E-state index in [0.29, 0.717) is 38.7 Å². The SMILES string of the molecule is COc1cccc(NC(=O)Cn2c(=O)n(Cc3ccc4c(c3)OCO4)c(=O)c3sccc32)c1. The topological polar surface area (TPSA) is 101 Å². The van der Waals surface area contributed by atoms with Gasteiger partial charge in [-0.1, -0.05) is 12.1 Å². The van der Waals surface area contributed by atoms with Gasteiger partial charge in [0.25, 0.3) is 5.56 Å². The molecule has 9 nitrogen and oxygen atoms in total. The van der Waals surface area contributed by atoms with Gasteiger partial charge in [-0.15, -0.1) is 11.3 Å². The molecule has 5 rings (SSSR count). The van der Waals surface area contributed by atoms with E-state index in [2.05, 4.69) is 5.32 Å². The fraction of sp³-hybridized carbons (Fsp3) is 0.174. The van der Waals surface area contributed by atoms with Crippen LogP contribution in [0.25, 0.3) is 10.2 Å². The van der Waals surface area contributed by atoms with Crippen LogP contribution in [-0.4, -0.2) is 28.9 Å². The third-order valence-corrected chi connectivity index (χ3v) is 6.16. The number of amides is 1. The molecule has 0 saturated carbocycles. The lowest BCUT2D eigenvalue weighted by Crippen LogP contribution is -2.41. The molecule has 0 spiro atoms. The average Bonchev–Trinajstić information content (AvgIpc) is 3.49. The summed E-state index contributed by atoms with van der Waals surface area (Å²) < 4.78 is 18.7. The molecule has 1 aliphatic heterocycles. The zero-order valence-corrected chi connectivity index (χ0v) is 18.4. The van der Waals surface area contributed by atoms with Crippen molar-refractivity contribution in [3.8, 4) is 17.2 Å². The highest BCUT2D eigenvalue weighted by atomic mass is 32.1. The number of hydrogen-bond acceptors (Lipinski definition) is 7. The van der Waals surface area contributed by atoms with Gasteiger partial charge >= 0.3 is 5.69 Å². The summed E-state index contributed by atoms with van der Waals surface area (Å²) in [5.74, 6) is 1.38. The highest BCUT2D eigenvalue weighted by molar-refractivity contribution is 7.17. The number of fused-ring (bicyclic) bond motifs is 2. The van der Waals surface area contributed by atoms with Crippen LogP contribution in [0, 0.1) is 0 Å². The molecule has 0 saturated heterocycles. The first kappa shape index (κ1) is 20.8. The Kier molecular flexibility index (Phi) is 5.35. The van der Waals surface area contributed by atoms with E-state index in [1.807, 2.05) is 0 Å². The number of aromatic nitrogens is 2. The molecular weight excluding hydrogens is 446 g/mol. The van der Waals surface area contributed by atoms with Crippen LogP contribution in [0.3, 0.4) is 0 Å². The number of anilines is 1. The van der Waals surface area contributed by atoms with Crippen molar-refractivity contribution in [2.75, 3.05) is 19.2 Å². The molecule has 0 aliphatic carbocycles. The molecular formula is C23H19N3O6S. The molecule has 2 aromatic heterocycles. The van der Waals surface area contributed by atoms with Gasteiger partial charge in [0.2, 0.25) is 12.7 Å². The van der Waals surface area contributed by atoms with E-state index in [1.54, 1.807) is 53.9 Å². The number of benzene rings is 2. The highest BCUT2D eigenvalue weighted by Crippen LogP contribution is 2.32. The number of carbonyl (C=O) groups excluding carboxylic acids is 1. The van der Waals surface area contributed by atoms with Crippen molar-refractivity contribution in [3.05, 3.63) is 80.3 Å². The second-order valence-corrected chi connectivity index (χ2v) is 8.28. The number of methoxy groups -OCH3 is 1. The van der Waals surface area contributed by atoms with Crippen LogP contribution >= 0.6 is 11.3 Å². The maximum Gasteiger partial charge on any atom is 0.332 e.